The van der Waals surface area contributed by atoms with E-state index in [4.69, 9.17) is 4.74 Å². The summed E-state index contributed by atoms with van der Waals surface area (Å²) in [5, 5.41) is 0. The Hall–Kier alpha value is -2.51. The largest absolute Gasteiger partial charge is 0.485 e. The van der Waals surface area contributed by atoms with E-state index in [0.717, 1.165) is 28.2 Å². The van der Waals surface area contributed by atoms with Crippen molar-refractivity contribution in [2.45, 2.75) is 23.6 Å². The molecule has 0 bridgehead atoms. The third-order valence-corrected chi connectivity index (χ3v) is 6.52. The Morgan fingerprint density at radius 1 is 1.07 bits per heavy atom. The fourth-order valence-corrected chi connectivity index (χ4v) is 4.29. The molecule has 5 nitrogen and oxygen atoms in total. The maximum absolute atomic E-state index is 12.7. The van der Waals surface area contributed by atoms with Crippen LogP contribution in [0.4, 0.5) is 0 Å². The van der Waals surface area contributed by atoms with Crippen LogP contribution in [0.1, 0.15) is 21.7 Å². The third kappa shape index (κ3) is 4.74. The van der Waals surface area contributed by atoms with E-state index in [2.05, 4.69) is 16.7 Å². The first-order chi connectivity index (χ1) is 13.7. The van der Waals surface area contributed by atoms with Gasteiger partial charge in [0, 0.05) is 33.8 Å². The van der Waals surface area contributed by atoms with E-state index < -0.39 is 9.84 Å². The van der Waals surface area contributed by atoms with E-state index in [-0.39, 0.29) is 17.3 Å². The zero-order valence-electron chi connectivity index (χ0n) is 16.8. The summed E-state index contributed by atoms with van der Waals surface area (Å²) in [6, 6.07) is 16.1. The highest BCUT2D eigenvalue weighted by Gasteiger charge is 2.17. The molecule has 0 aliphatic rings. The maximum atomic E-state index is 12.7. The molecule has 0 fully saturated rings. The summed E-state index contributed by atoms with van der Waals surface area (Å²) in [7, 11) is -3.26. The molecule has 2 aromatic carbocycles. The van der Waals surface area contributed by atoms with Gasteiger partial charge in [0.1, 0.15) is 5.75 Å². The molecule has 0 N–H and O–H groups in total. The molecule has 0 radical (unpaired) electrons. The number of Topliss-reactive ketones (excluding diaryl/α,β-unsaturated/α-hetero) is 1. The summed E-state index contributed by atoms with van der Waals surface area (Å²) >= 11 is 1.67. The van der Waals surface area contributed by atoms with E-state index in [1.54, 1.807) is 23.9 Å². The molecule has 152 valence electrons. The Balaban J connectivity index is 1.78. The second kappa shape index (κ2) is 8.47. The van der Waals surface area contributed by atoms with Gasteiger partial charge in [0.2, 0.25) is 5.78 Å². The number of hydrogen-bond acceptors (Lipinski definition) is 5. The summed E-state index contributed by atoms with van der Waals surface area (Å²) < 4.78 is 30.7. The molecular formula is C22H23NO4S2. The summed E-state index contributed by atoms with van der Waals surface area (Å²) in [6.07, 6.45) is 3.18. The van der Waals surface area contributed by atoms with Gasteiger partial charge >= 0.3 is 0 Å². The van der Waals surface area contributed by atoms with Gasteiger partial charge in [-0.2, -0.15) is 0 Å². The SMILES string of the molecule is CSc1cccc(-n2c(C)cc(C(=O)COc3ccc(S(C)(=O)=O)cc3)c2C)c1. The van der Waals surface area contributed by atoms with Gasteiger partial charge in [-0.3, -0.25) is 4.79 Å². The van der Waals surface area contributed by atoms with Crippen molar-refractivity contribution < 1.29 is 17.9 Å². The van der Waals surface area contributed by atoms with Crippen molar-refractivity contribution in [3.63, 3.8) is 0 Å². The van der Waals surface area contributed by atoms with Crippen molar-refractivity contribution in [2.75, 3.05) is 19.1 Å². The molecule has 29 heavy (non-hydrogen) atoms. The predicted octanol–water partition coefficient (Wildman–Crippen LogP) is 4.48. The van der Waals surface area contributed by atoms with Crippen LogP contribution < -0.4 is 4.74 Å². The number of sulfone groups is 1. The number of hydrogen-bond donors (Lipinski definition) is 0. The van der Waals surface area contributed by atoms with Crippen molar-refractivity contribution in [3.8, 4) is 11.4 Å². The summed E-state index contributed by atoms with van der Waals surface area (Å²) in [4.78, 5) is 14.1. The molecule has 0 spiro atoms. The lowest BCUT2D eigenvalue weighted by Crippen LogP contribution is -2.13. The van der Waals surface area contributed by atoms with Gasteiger partial charge in [0.15, 0.2) is 16.4 Å². The Morgan fingerprint density at radius 3 is 2.38 bits per heavy atom. The smallest absolute Gasteiger partial charge is 0.202 e. The third-order valence-electron chi connectivity index (χ3n) is 4.66. The number of rotatable bonds is 7. The molecule has 1 aromatic heterocycles. The Bertz CT molecular complexity index is 1150. The molecule has 3 rings (SSSR count). The Kier molecular flexibility index (Phi) is 6.19. The second-order valence-corrected chi connectivity index (χ2v) is 9.67. The number of ether oxygens (including phenoxy) is 1. The number of aromatic nitrogens is 1. The number of carbonyl (C=O) groups excluding carboxylic acids is 1. The topological polar surface area (TPSA) is 65.4 Å². The number of nitrogens with zero attached hydrogens (tertiary/aromatic N) is 1. The van der Waals surface area contributed by atoms with Gasteiger partial charge < -0.3 is 9.30 Å². The lowest BCUT2D eigenvalue weighted by atomic mass is 10.1. The van der Waals surface area contributed by atoms with Crippen molar-refractivity contribution in [2.24, 2.45) is 0 Å². The predicted molar refractivity (Wildman–Crippen MR) is 116 cm³/mol. The zero-order chi connectivity index (χ0) is 21.2. The first-order valence-corrected chi connectivity index (χ1v) is 12.1. The average molecular weight is 430 g/mol. The normalized spacial score (nSPS) is 11.4. The average Bonchev–Trinajstić information content (AvgIpc) is 3.00. The lowest BCUT2D eigenvalue weighted by molar-refractivity contribution is 0.0921. The monoisotopic (exact) mass is 429 g/mol. The Labute approximate surface area is 175 Å². The van der Waals surface area contributed by atoms with Crippen LogP contribution in [0.15, 0.2) is 64.4 Å². The number of aryl methyl sites for hydroxylation is 1. The van der Waals surface area contributed by atoms with Crippen LogP contribution in [0, 0.1) is 13.8 Å². The molecule has 0 saturated heterocycles. The second-order valence-electron chi connectivity index (χ2n) is 6.78. The highest BCUT2D eigenvalue weighted by molar-refractivity contribution is 7.98. The molecular weight excluding hydrogens is 406 g/mol. The van der Waals surface area contributed by atoms with E-state index in [0.29, 0.717) is 11.3 Å². The summed E-state index contributed by atoms with van der Waals surface area (Å²) in [6.45, 7) is 3.78. The minimum Gasteiger partial charge on any atom is -0.485 e. The van der Waals surface area contributed by atoms with Crippen molar-refractivity contribution in [3.05, 3.63) is 71.5 Å². The summed E-state index contributed by atoms with van der Waals surface area (Å²) in [5.41, 5.74) is 3.47. The highest BCUT2D eigenvalue weighted by Crippen LogP contribution is 2.25. The van der Waals surface area contributed by atoms with Crippen LogP contribution in [0.5, 0.6) is 5.75 Å². The molecule has 1 heterocycles. The van der Waals surface area contributed by atoms with Crippen LogP contribution >= 0.6 is 11.8 Å². The first kappa shape index (κ1) is 21.2. The molecule has 0 aliphatic heterocycles. The van der Waals surface area contributed by atoms with Gasteiger partial charge in [0.25, 0.3) is 0 Å². The van der Waals surface area contributed by atoms with Crippen LogP contribution in [0.2, 0.25) is 0 Å². The van der Waals surface area contributed by atoms with E-state index >= 15 is 0 Å². The Morgan fingerprint density at radius 2 is 1.76 bits per heavy atom. The van der Waals surface area contributed by atoms with Gasteiger partial charge in [0.05, 0.1) is 4.90 Å². The van der Waals surface area contributed by atoms with Crippen LogP contribution in [0.25, 0.3) is 5.69 Å². The number of ketones is 1. The minimum absolute atomic E-state index is 0.118. The van der Waals surface area contributed by atoms with Crippen LogP contribution in [-0.2, 0) is 9.84 Å². The number of thioether (sulfide) groups is 1. The van der Waals surface area contributed by atoms with E-state index in [1.807, 2.05) is 38.3 Å². The summed E-state index contributed by atoms with van der Waals surface area (Å²) in [5.74, 6) is 0.324. The standard InChI is InChI=1S/C22H23NO4S2/c1-15-12-21(16(2)23(15)17-6-5-7-19(13-17)28-3)22(24)14-27-18-8-10-20(11-9-18)29(4,25)26/h5-13H,14H2,1-4H3. The quantitative estimate of drug-likeness (QED) is 0.409. The van der Waals surface area contributed by atoms with Gasteiger partial charge in [-0.15, -0.1) is 11.8 Å². The molecule has 7 heteroatoms. The fraction of sp³-hybridized carbons (Fsp3) is 0.227. The minimum atomic E-state index is -3.26. The molecule has 0 saturated carbocycles. The molecule has 0 aliphatic carbocycles. The molecule has 3 aromatic rings. The fourth-order valence-electron chi connectivity index (χ4n) is 3.20. The van der Waals surface area contributed by atoms with Crippen molar-refractivity contribution in [1.29, 1.82) is 0 Å². The number of carbonyl (C=O) groups is 1. The molecule has 0 amide bonds. The van der Waals surface area contributed by atoms with Gasteiger partial charge in [-0.1, -0.05) is 6.07 Å². The van der Waals surface area contributed by atoms with Crippen LogP contribution in [0.3, 0.4) is 0 Å². The molecule has 0 atom stereocenters. The van der Waals surface area contributed by atoms with Crippen LogP contribution in [-0.4, -0.2) is 37.9 Å². The lowest BCUT2D eigenvalue weighted by Gasteiger charge is -2.11. The first-order valence-electron chi connectivity index (χ1n) is 9.00. The highest BCUT2D eigenvalue weighted by atomic mass is 32.2. The molecule has 0 unspecified atom stereocenters. The van der Waals surface area contributed by atoms with Gasteiger partial charge in [-0.25, -0.2) is 8.42 Å². The van der Waals surface area contributed by atoms with E-state index in [9.17, 15) is 13.2 Å². The van der Waals surface area contributed by atoms with Crippen molar-refractivity contribution >= 4 is 27.4 Å². The van der Waals surface area contributed by atoms with Crippen molar-refractivity contribution in [1.82, 2.24) is 4.57 Å². The van der Waals surface area contributed by atoms with Gasteiger partial charge in [-0.05, 0) is 68.6 Å². The van der Waals surface area contributed by atoms with E-state index in [1.165, 1.54) is 12.1 Å². The zero-order valence-corrected chi connectivity index (χ0v) is 18.4. The number of benzene rings is 2. The maximum Gasteiger partial charge on any atom is 0.202 e.